The van der Waals surface area contributed by atoms with Crippen LogP contribution in [0.3, 0.4) is 0 Å². The van der Waals surface area contributed by atoms with E-state index in [9.17, 15) is 4.79 Å². The van der Waals surface area contributed by atoms with E-state index in [1.807, 2.05) is 0 Å². The normalized spacial score (nSPS) is 37.9. The number of ketones is 1. The topological polar surface area (TPSA) is 17.1 Å². The molecule has 0 amide bonds. The highest BCUT2D eigenvalue weighted by atomic mass is 16.1. The minimum Gasteiger partial charge on any atom is -0.299 e. The van der Waals surface area contributed by atoms with Gasteiger partial charge in [-0.25, -0.2) is 0 Å². The molecule has 2 unspecified atom stereocenters. The molecule has 2 rings (SSSR count). The van der Waals surface area contributed by atoms with E-state index in [-0.39, 0.29) is 0 Å². The first-order valence-corrected chi connectivity index (χ1v) is 5.37. The van der Waals surface area contributed by atoms with E-state index in [2.05, 4.69) is 6.92 Å². The number of carbonyl (C=O) groups is 1. The molecular weight excluding hydrogens is 148 g/mol. The molecule has 0 radical (unpaired) electrons. The second-order valence-electron chi connectivity index (χ2n) is 4.35. The zero-order chi connectivity index (χ0) is 8.55. The summed E-state index contributed by atoms with van der Waals surface area (Å²) in [7, 11) is 0. The van der Waals surface area contributed by atoms with Crippen LogP contribution in [0.25, 0.3) is 0 Å². The third-order valence-corrected chi connectivity index (χ3v) is 3.56. The average molecular weight is 166 g/mol. The second kappa shape index (κ2) is 3.20. The molecule has 2 aliphatic carbocycles. The summed E-state index contributed by atoms with van der Waals surface area (Å²) in [6, 6.07) is 0. The molecular formula is C11H18O. The van der Waals surface area contributed by atoms with Crippen LogP contribution in [0.2, 0.25) is 0 Å². The molecule has 0 bridgehead atoms. The summed E-state index contributed by atoms with van der Waals surface area (Å²) in [6.07, 6.45) is 7.18. The number of Topliss-reactive ketones (excluding diaryl/α,β-unsaturated/α-hetero) is 1. The van der Waals surface area contributed by atoms with E-state index in [0.29, 0.717) is 11.7 Å². The Morgan fingerprint density at radius 2 is 2.00 bits per heavy atom. The number of rotatable bonds is 4. The van der Waals surface area contributed by atoms with Gasteiger partial charge in [0, 0.05) is 12.3 Å². The van der Waals surface area contributed by atoms with Gasteiger partial charge in [-0.3, -0.25) is 4.79 Å². The highest BCUT2D eigenvalue weighted by molar-refractivity contribution is 5.84. The fraction of sp³-hybridized carbons (Fsp3) is 0.909. The maximum Gasteiger partial charge on any atom is 0.136 e. The first-order chi connectivity index (χ1) is 5.84. The Morgan fingerprint density at radius 1 is 1.33 bits per heavy atom. The van der Waals surface area contributed by atoms with Gasteiger partial charge in [0.15, 0.2) is 0 Å². The SMILES string of the molecule is CCCCC(=O)C1C2CCCC21. The zero-order valence-electron chi connectivity index (χ0n) is 7.88. The minimum absolute atomic E-state index is 0.519. The van der Waals surface area contributed by atoms with Crippen LogP contribution >= 0.6 is 0 Å². The lowest BCUT2D eigenvalue weighted by molar-refractivity contribution is -0.121. The number of fused-ring (bicyclic) bond motifs is 1. The summed E-state index contributed by atoms with van der Waals surface area (Å²) >= 11 is 0. The lowest BCUT2D eigenvalue weighted by atomic mass is 10.0. The van der Waals surface area contributed by atoms with Crippen molar-refractivity contribution in [1.29, 1.82) is 0 Å². The third kappa shape index (κ3) is 1.30. The molecule has 2 saturated carbocycles. The maximum atomic E-state index is 11.6. The lowest BCUT2D eigenvalue weighted by Crippen LogP contribution is -2.04. The molecule has 0 spiro atoms. The van der Waals surface area contributed by atoms with Crippen molar-refractivity contribution in [3.63, 3.8) is 0 Å². The van der Waals surface area contributed by atoms with Crippen molar-refractivity contribution >= 4 is 5.78 Å². The Morgan fingerprint density at radius 3 is 2.58 bits per heavy atom. The zero-order valence-corrected chi connectivity index (χ0v) is 7.88. The maximum absolute atomic E-state index is 11.6. The molecule has 0 aromatic carbocycles. The Hall–Kier alpha value is -0.330. The largest absolute Gasteiger partial charge is 0.299 e. The van der Waals surface area contributed by atoms with E-state index in [1.54, 1.807) is 0 Å². The van der Waals surface area contributed by atoms with Gasteiger partial charge in [-0.1, -0.05) is 19.8 Å². The van der Waals surface area contributed by atoms with Crippen molar-refractivity contribution in [2.45, 2.75) is 45.4 Å². The van der Waals surface area contributed by atoms with Crippen molar-refractivity contribution in [2.24, 2.45) is 17.8 Å². The Balaban J connectivity index is 1.76. The molecule has 0 saturated heterocycles. The summed E-state index contributed by atoms with van der Waals surface area (Å²) in [5.74, 6) is 2.75. The Labute approximate surface area is 74.5 Å². The molecule has 0 aromatic rings. The summed E-state index contributed by atoms with van der Waals surface area (Å²) in [6.45, 7) is 2.15. The first-order valence-electron chi connectivity index (χ1n) is 5.37. The van der Waals surface area contributed by atoms with Crippen molar-refractivity contribution in [3.8, 4) is 0 Å². The molecule has 2 fully saturated rings. The fourth-order valence-electron chi connectivity index (χ4n) is 2.82. The van der Waals surface area contributed by atoms with Gasteiger partial charge in [0.05, 0.1) is 0 Å². The highest BCUT2D eigenvalue weighted by Gasteiger charge is 2.55. The predicted octanol–water partition coefficient (Wildman–Crippen LogP) is 2.79. The average Bonchev–Trinajstić information content (AvgIpc) is 2.56. The lowest BCUT2D eigenvalue weighted by Gasteiger charge is -2.00. The standard InChI is InChI=1S/C11H18O/c1-2-3-7-10(12)11-8-5-4-6-9(8)11/h8-9,11H,2-7H2,1H3. The summed E-state index contributed by atoms with van der Waals surface area (Å²) < 4.78 is 0. The van der Waals surface area contributed by atoms with Crippen molar-refractivity contribution in [2.75, 3.05) is 0 Å². The molecule has 2 atom stereocenters. The van der Waals surface area contributed by atoms with Gasteiger partial charge in [0.2, 0.25) is 0 Å². The Kier molecular flexibility index (Phi) is 2.20. The van der Waals surface area contributed by atoms with E-state index >= 15 is 0 Å². The van der Waals surface area contributed by atoms with Gasteiger partial charge in [0.25, 0.3) is 0 Å². The molecule has 0 aromatic heterocycles. The van der Waals surface area contributed by atoms with Gasteiger partial charge in [-0.2, -0.15) is 0 Å². The second-order valence-corrected chi connectivity index (χ2v) is 4.35. The van der Waals surface area contributed by atoms with Crippen LogP contribution < -0.4 is 0 Å². The van der Waals surface area contributed by atoms with Crippen LogP contribution in [0.5, 0.6) is 0 Å². The van der Waals surface area contributed by atoms with E-state index in [4.69, 9.17) is 0 Å². The van der Waals surface area contributed by atoms with E-state index < -0.39 is 0 Å². The van der Waals surface area contributed by atoms with Gasteiger partial charge in [0.1, 0.15) is 5.78 Å². The molecule has 1 nitrogen and oxygen atoms in total. The smallest absolute Gasteiger partial charge is 0.136 e. The van der Waals surface area contributed by atoms with E-state index in [0.717, 1.165) is 31.1 Å². The fourth-order valence-corrected chi connectivity index (χ4v) is 2.82. The van der Waals surface area contributed by atoms with Gasteiger partial charge >= 0.3 is 0 Å². The molecule has 0 heterocycles. The van der Waals surface area contributed by atoms with Gasteiger partial charge in [-0.05, 0) is 31.1 Å². The minimum atomic E-state index is 0.519. The van der Waals surface area contributed by atoms with Gasteiger partial charge in [-0.15, -0.1) is 0 Å². The number of carbonyl (C=O) groups excluding carboxylic acids is 1. The molecule has 0 N–H and O–H groups in total. The quantitative estimate of drug-likeness (QED) is 0.627. The van der Waals surface area contributed by atoms with Crippen LogP contribution in [0.1, 0.15) is 45.4 Å². The van der Waals surface area contributed by atoms with Gasteiger partial charge < -0.3 is 0 Å². The third-order valence-electron chi connectivity index (χ3n) is 3.56. The summed E-state index contributed by atoms with van der Waals surface area (Å²) in [5.41, 5.74) is 0. The number of unbranched alkanes of at least 4 members (excludes halogenated alkanes) is 1. The molecule has 12 heavy (non-hydrogen) atoms. The van der Waals surface area contributed by atoms with Crippen LogP contribution in [-0.4, -0.2) is 5.78 Å². The van der Waals surface area contributed by atoms with Crippen LogP contribution in [0.15, 0.2) is 0 Å². The molecule has 2 aliphatic rings. The number of hydrogen-bond acceptors (Lipinski definition) is 1. The van der Waals surface area contributed by atoms with Crippen molar-refractivity contribution in [3.05, 3.63) is 0 Å². The number of hydrogen-bond donors (Lipinski definition) is 0. The van der Waals surface area contributed by atoms with Crippen LogP contribution in [-0.2, 0) is 4.79 Å². The molecule has 0 aliphatic heterocycles. The highest BCUT2D eigenvalue weighted by Crippen LogP contribution is 2.58. The van der Waals surface area contributed by atoms with Crippen LogP contribution in [0, 0.1) is 17.8 Å². The van der Waals surface area contributed by atoms with Crippen molar-refractivity contribution in [1.82, 2.24) is 0 Å². The molecule has 1 heteroatoms. The molecule has 68 valence electrons. The first kappa shape index (κ1) is 8.28. The van der Waals surface area contributed by atoms with Crippen LogP contribution in [0.4, 0.5) is 0 Å². The summed E-state index contributed by atoms with van der Waals surface area (Å²) in [5, 5.41) is 0. The van der Waals surface area contributed by atoms with Crippen molar-refractivity contribution < 1.29 is 4.79 Å². The monoisotopic (exact) mass is 166 g/mol. The Bertz CT molecular complexity index is 175. The summed E-state index contributed by atoms with van der Waals surface area (Å²) in [4.78, 5) is 11.6. The predicted molar refractivity (Wildman–Crippen MR) is 48.9 cm³/mol. The van der Waals surface area contributed by atoms with E-state index in [1.165, 1.54) is 19.3 Å².